The molecule has 0 saturated carbocycles. The summed E-state index contributed by atoms with van der Waals surface area (Å²) in [6.45, 7) is 12.8. The number of fused-ring (bicyclic) bond motifs is 2. The highest BCUT2D eigenvalue weighted by molar-refractivity contribution is 6.35. The number of nitrogens with zero attached hydrogens (tertiary/aromatic N) is 5. The molecule has 2 atom stereocenters. The lowest BCUT2D eigenvalue weighted by Crippen LogP contribution is -2.57. The summed E-state index contributed by atoms with van der Waals surface area (Å²) in [6, 6.07) is 6.20. The molecule has 4 aliphatic rings. The Kier molecular flexibility index (Phi) is 7.42. The van der Waals surface area contributed by atoms with Gasteiger partial charge in [0.25, 0.3) is 5.91 Å². The standard InChI is InChI=1S/C30H35ClFN5O4/c1-4-23(38)35-9-10-36-20(16-35)18-41-27-24(29(36)39)28(33-26(25(27)31)21-7-5-6-8-22(21)32)37-17-19(15-30(37,2)3)34-11-13-40-14-12-34/h4-8,19-20H,1,9-18H2,2-3H3/t19-,20-/m1/s1. The second-order valence-electron chi connectivity index (χ2n) is 11.7. The van der Waals surface area contributed by atoms with Crippen LogP contribution in [-0.4, -0.2) is 108 Å². The molecule has 6 rings (SSSR count). The van der Waals surface area contributed by atoms with E-state index in [1.807, 2.05) is 0 Å². The lowest BCUT2D eigenvalue weighted by atomic mass is 9.98. The van der Waals surface area contributed by atoms with Crippen molar-refractivity contribution < 1.29 is 23.5 Å². The van der Waals surface area contributed by atoms with Crippen LogP contribution in [0, 0.1) is 5.82 Å². The quantitative estimate of drug-likeness (QED) is 0.510. The highest BCUT2D eigenvalue weighted by Crippen LogP contribution is 2.47. The van der Waals surface area contributed by atoms with E-state index in [1.165, 1.54) is 12.1 Å². The molecule has 0 spiro atoms. The molecule has 0 bridgehead atoms. The SMILES string of the molecule is C=CC(=O)N1CCN2C(=O)c3c(N4C[C@H](N5CCOCC5)CC4(C)C)nc(-c4ccccc4F)c(Cl)c3OC[C@H]2C1. The number of amides is 2. The lowest BCUT2D eigenvalue weighted by molar-refractivity contribution is -0.128. The van der Waals surface area contributed by atoms with E-state index in [1.54, 1.807) is 28.0 Å². The number of carbonyl (C=O) groups is 2. The van der Waals surface area contributed by atoms with Crippen LogP contribution in [0.4, 0.5) is 10.2 Å². The third-order valence-corrected chi connectivity index (χ3v) is 9.10. The van der Waals surface area contributed by atoms with E-state index in [9.17, 15) is 9.59 Å². The van der Waals surface area contributed by atoms with Crippen LogP contribution in [0.15, 0.2) is 36.9 Å². The molecule has 3 fully saturated rings. The van der Waals surface area contributed by atoms with E-state index in [-0.39, 0.29) is 63.6 Å². The summed E-state index contributed by atoms with van der Waals surface area (Å²) in [5, 5.41) is 0.0998. The third kappa shape index (κ3) is 4.96. The van der Waals surface area contributed by atoms with Gasteiger partial charge < -0.3 is 24.2 Å². The molecule has 2 aromatic rings. The van der Waals surface area contributed by atoms with Crippen LogP contribution in [0.2, 0.25) is 5.02 Å². The van der Waals surface area contributed by atoms with Crippen molar-refractivity contribution in [3.8, 4) is 17.0 Å². The largest absolute Gasteiger partial charge is 0.489 e. The summed E-state index contributed by atoms with van der Waals surface area (Å²) >= 11 is 6.93. The molecule has 0 N–H and O–H groups in total. The Balaban J connectivity index is 1.47. The average molecular weight is 584 g/mol. The monoisotopic (exact) mass is 583 g/mol. The number of hydrogen-bond acceptors (Lipinski definition) is 7. The Labute approximate surface area is 244 Å². The van der Waals surface area contributed by atoms with Crippen LogP contribution in [0.1, 0.15) is 30.6 Å². The van der Waals surface area contributed by atoms with Gasteiger partial charge >= 0.3 is 0 Å². The van der Waals surface area contributed by atoms with E-state index in [0.29, 0.717) is 45.2 Å². The first-order valence-corrected chi connectivity index (χ1v) is 14.5. The Morgan fingerprint density at radius 3 is 2.63 bits per heavy atom. The summed E-state index contributed by atoms with van der Waals surface area (Å²) in [7, 11) is 0. The van der Waals surface area contributed by atoms with Gasteiger partial charge in [-0.2, -0.15) is 0 Å². The van der Waals surface area contributed by atoms with Gasteiger partial charge in [-0.25, -0.2) is 9.37 Å². The highest BCUT2D eigenvalue weighted by Gasteiger charge is 2.46. The normalized spacial score (nSPS) is 24.4. The van der Waals surface area contributed by atoms with Crippen molar-refractivity contribution in [2.45, 2.75) is 37.9 Å². The fourth-order valence-electron chi connectivity index (χ4n) is 6.57. The van der Waals surface area contributed by atoms with Crippen molar-refractivity contribution in [2.75, 3.05) is 64.0 Å². The molecule has 0 unspecified atom stereocenters. The minimum absolute atomic E-state index is 0.0998. The van der Waals surface area contributed by atoms with Crippen molar-refractivity contribution >= 4 is 29.2 Å². The minimum atomic E-state index is -0.462. The van der Waals surface area contributed by atoms with E-state index in [0.717, 1.165) is 19.5 Å². The van der Waals surface area contributed by atoms with Crippen molar-refractivity contribution in [3.05, 3.63) is 53.3 Å². The second kappa shape index (κ2) is 10.9. The van der Waals surface area contributed by atoms with Crippen LogP contribution >= 0.6 is 11.6 Å². The zero-order valence-corrected chi connectivity index (χ0v) is 24.2. The molecule has 0 radical (unpaired) electrons. The average Bonchev–Trinajstić information content (AvgIpc) is 3.22. The molecule has 4 aliphatic heterocycles. The maximum absolute atomic E-state index is 15.1. The molecular weight excluding hydrogens is 549 g/mol. The number of anilines is 1. The van der Waals surface area contributed by atoms with Crippen LogP contribution in [0.3, 0.4) is 0 Å². The van der Waals surface area contributed by atoms with Gasteiger partial charge in [0, 0.05) is 56.4 Å². The Morgan fingerprint density at radius 1 is 1.15 bits per heavy atom. The first kappa shape index (κ1) is 27.9. The Morgan fingerprint density at radius 2 is 1.90 bits per heavy atom. The van der Waals surface area contributed by atoms with Crippen LogP contribution in [0.5, 0.6) is 5.75 Å². The molecule has 1 aromatic carbocycles. The van der Waals surface area contributed by atoms with Gasteiger partial charge in [-0.05, 0) is 38.5 Å². The number of rotatable bonds is 4. The van der Waals surface area contributed by atoms with Crippen molar-refractivity contribution in [2.24, 2.45) is 0 Å². The predicted octanol–water partition coefficient (Wildman–Crippen LogP) is 3.46. The number of ether oxygens (including phenoxy) is 2. The number of piperazine rings is 1. The van der Waals surface area contributed by atoms with Gasteiger partial charge in [0.1, 0.15) is 28.8 Å². The number of hydrogen-bond donors (Lipinski definition) is 0. The fourth-order valence-corrected chi connectivity index (χ4v) is 6.87. The molecule has 41 heavy (non-hydrogen) atoms. The van der Waals surface area contributed by atoms with Gasteiger partial charge in [-0.3, -0.25) is 14.5 Å². The van der Waals surface area contributed by atoms with E-state index in [4.69, 9.17) is 26.1 Å². The van der Waals surface area contributed by atoms with Crippen molar-refractivity contribution in [3.63, 3.8) is 0 Å². The molecule has 218 valence electrons. The summed E-state index contributed by atoms with van der Waals surface area (Å²) in [6.07, 6.45) is 2.14. The summed E-state index contributed by atoms with van der Waals surface area (Å²) in [5.41, 5.74) is 0.409. The zero-order chi connectivity index (χ0) is 28.9. The Bertz CT molecular complexity index is 1380. The van der Waals surface area contributed by atoms with Gasteiger partial charge in [-0.15, -0.1) is 0 Å². The summed E-state index contributed by atoms with van der Waals surface area (Å²) in [4.78, 5) is 39.7. The molecule has 9 nitrogen and oxygen atoms in total. The maximum Gasteiger partial charge on any atom is 0.261 e. The number of halogens is 2. The molecule has 1 aromatic heterocycles. The zero-order valence-electron chi connectivity index (χ0n) is 23.4. The van der Waals surface area contributed by atoms with Gasteiger partial charge in [0.05, 0.1) is 24.9 Å². The maximum atomic E-state index is 15.1. The molecule has 2 amide bonds. The van der Waals surface area contributed by atoms with E-state index < -0.39 is 5.82 Å². The smallest absolute Gasteiger partial charge is 0.261 e. The van der Waals surface area contributed by atoms with Crippen LogP contribution in [0.25, 0.3) is 11.3 Å². The highest BCUT2D eigenvalue weighted by atomic mass is 35.5. The number of pyridine rings is 1. The van der Waals surface area contributed by atoms with Crippen LogP contribution < -0.4 is 9.64 Å². The summed E-state index contributed by atoms with van der Waals surface area (Å²) in [5.74, 6) is -0.242. The Hall–Kier alpha value is -3.21. The number of morpholine rings is 1. The lowest BCUT2D eigenvalue weighted by Gasteiger charge is -2.40. The third-order valence-electron chi connectivity index (χ3n) is 8.75. The first-order valence-electron chi connectivity index (χ1n) is 14.1. The summed E-state index contributed by atoms with van der Waals surface area (Å²) < 4.78 is 27.0. The number of benzene rings is 1. The second-order valence-corrected chi connectivity index (χ2v) is 12.0. The van der Waals surface area contributed by atoms with Crippen molar-refractivity contribution in [1.29, 1.82) is 0 Å². The molecule has 5 heterocycles. The van der Waals surface area contributed by atoms with Crippen LogP contribution in [-0.2, 0) is 9.53 Å². The van der Waals surface area contributed by atoms with Gasteiger partial charge in [0.2, 0.25) is 5.91 Å². The van der Waals surface area contributed by atoms with Crippen molar-refractivity contribution in [1.82, 2.24) is 19.7 Å². The van der Waals surface area contributed by atoms with Gasteiger partial charge in [0.15, 0.2) is 5.75 Å². The minimum Gasteiger partial charge on any atom is -0.489 e. The number of carbonyl (C=O) groups excluding carboxylic acids is 2. The molecular formula is C30H35ClFN5O4. The van der Waals surface area contributed by atoms with Gasteiger partial charge in [-0.1, -0.05) is 30.3 Å². The van der Waals surface area contributed by atoms with E-state index in [2.05, 4.69) is 30.2 Å². The van der Waals surface area contributed by atoms with E-state index >= 15 is 4.39 Å². The molecule has 3 saturated heterocycles. The predicted molar refractivity (Wildman–Crippen MR) is 154 cm³/mol. The molecule has 11 heteroatoms. The molecule has 0 aliphatic carbocycles. The fraction of sp³-hybridized carbons (Fsp3) is 0.500. The number of aromatic nitrogens is 1. The topological polar surface area (TPSA) is 78.5 Å². The first-order chi connectivity index (χ1) is 19.7.